The van der Waals surface area contributed by atoms with Crippen molar-refractivity contribution in [1.29, 1.82) is 0 Å². The SMILES string of the molecule is CN=C(N)NCCCCN1CCCC(C(N)=O)C1. The lowest BCUT2D eigenvalue weighted by Crippen LogP contribution is -2.41. The van der Waals surface area contributed by atoms with Crippen LogP contribution in [0, 0.1) is 5.92 Å². The van der Waals surface area contributed by atoms with E-state index in [9.17, 15) is 4.79 Å². The lowest BCUT2D eigenvalue weighted by molar-refractivity contribution is -0.123. The highest BCUT2D eigenvalue weighted by molar-refractivity contribution is 5.77. The van der Waals surface area contributed by atoms with Crippen LogP contribution < -0.4 is 16.8 Å². The van der Waals surface area contributed by atoms with Gasteiger partial charge in [0.2, 0.25) is 5.91 Å². The smallest absolute Gasteiger partial charge is 0.221 e. The van der Waals surface area contributed by atoms with Crippen LogP contribution >= 0.6 is 0 Å². The normalized spacial score (nSPS) is 21.8. The van der Waals surface area contributed by atoms with Crippen molar-refractivity contribution < 1.29 is 4.79 Å². The van der Waals surface area contributed by atoms with Crippen molar-refractivity contribution in [1.82, 2.24) is 10.2 Å². The van der Waals surface area contributed by atoms with Gasteiger partial charge in [-0.25, -0.2) is 0 Å². The number of nitrogens with two attached hydrogens (primary N) is 2. The monoisotopic (exact) mass is 255 g/mol. The number of amides is 1. The predicted octanol–water partition coefficient (Wildman–Crippen LogP) is -0.502. The number of piperidine rings is 1. The molecule has 0 bridgehead atoms. The molecule has 0 radical (unpaired) electrons. The van der Waals surface area contributed by atoms with Crippen LogP contribution in [0.25, 0.3) is 0 Å². The first-order valence-corrected chi connectivity index (χ1v) is 6.61. The van der Waals surface area contributed by atoms with Gasteiger partial charge in [-0.1, -0.05) is 0 Å². The van der Waals surface area contributed by atoms with Gasteiger partial charge < -0.3 is 21.7 Å². The van der Waals surface area contributed by atoms with E-state index >= 15 is 0 Å². The molecule has 1 atom stereocenters. The standard InChI is InChI=1S/C12H25N5O/c1-15-12(14)16-6-2-3-7-17-8-4-5-10(9-17)11(13)18/h10H,2-9H2,1H3,(H2,13,18)(H3,14,15,16). The summed E-state index contributed by atoms with van der Waals surface area (Å²) >= 11 is 0. The van der Waals surface area contributed by atoms with E-state index in [1.54, 1.807) is 7.05 Å². The van der Waals surface area contributed by atoms with Gasteiger partial charge in [0.25, 0.3) is 0 Å². The second kappa shape index (κ2) is 7.92. The number of aliphatic imine (C=N–C) groups is 1. The fraction of sp³-hybridized carbons (Fsp3) is 0.833. The van der Waals surface area contributed by atoms with E-state index in [1.807, 2.05) is 0 Å². The van der Waals surface area contributed by atoms with Crippen molar-refractivity contribution >= 4 is 11.9 Å². The topological polar surface area (TPSA) is 96.7 Å². The van der Waals surface area contributed by atoms with E-state index in [-0.39, 0.29) is 11.8 Å². The fourth-order valence-electron chi connectivity index (χ4n) is 2.25. The third kappa shape index (κ3) is 5.35. The van der Waals surface area contributed by atoms with Gasteiger partial charge in [0, 0.05) is 20.1 Å². The van der Waals surface area contributed by atoms with E-state index in [0.29, 0.717) is 5.96 Å². The van der Waals surface area contributed by atoms with E-state index in [0.717, 1.165) is 51.9 Å². The van der Waals surface area contributed by atoms with Gasteiger partial charge >= 0.3 is 0 Å². The molecule has 0 aliphatic carbocycles. The second-order valence-corrected chi connectivity index (χ2v) is 4.78. The number of rotatable bonds is 6. The van der Waals surface area contributed by atoms with E-state index in [2.05, 4.69) is 15.2 Å². The summed E-state index contributed by atoms with van der Waals surface area (Å²) in [5.74, 6) is 0.370. The van der Waals surface area contributed by atoms with Crippen LogP contribution in [0.3, 0.4) is 0 Å². The predicted molar refractivity (Wildman–Crippen MR) is 73.1 cm³/mol. The number of primary amides is 1. The molecule has 6 heteroatoms. The first-order chi connectivity index (χ1) is 8.63. The Kier molecular flexibility index (Phi) is 6.49. The summed E-state index contributed by atoms with van der Waals surface area (Å²) in [5, 5.41) is 3.03. The summed E-state index contributed by atoms with van der Waals surface area (Å²) in [6, 6.07) is 0. The summed E-state index contributed by atoms with van der Waals surface area (Å²) in [6.07, 6.45) is 4.15. The summed E-state index contributed by atoms with van der Waals surface area (Å²) in [7, 11) is 1.67. The Hall–Kier alpha value is -1.30. The Bertz CT molecular complexity index is 292. The molecular formula is C12H25N5O. The minimum Gasteiger partial charge on any atom is -0.370 e. The van der Waals surface area contributed by atoms with Crippen LogP contribution in [0.5, 0.6) is 0 Å². The summed E-state index contributed by atoms with van der Waals surface area (Å²) in [5.41, 5.74) is 10.9. The molecule has 1 rings (SSSR count). The maximum absolute atomic E-state index is 11.1. The number of carbonyl (C=O) groups is 1. The van der Waals surface area contributed by atoms with E-state index in [4.69, 9.17) is 11.5 Å². The average Bonchev–Trinajstić information content (AvgIpc) is 2.38. The molecule has 1 aliphatic rings. The summed E-state index contributed by atoms with van der Waals surface area (Å²) < 4.78 is 0. The minimum absolute atomic E-state index is 0.0414. The molecule has 0 aromatic rings. The average molecular weight is 255 g/mol. The molecule has 1 amide bonds. The first kappa shape index (κ1) is 14.8. The van der Waals surface area contributed by atoms with Gasteiger partial charge in [-0.2, -0.15) is 0 Å². The van der Waals surface area contributed by atoms with Gasteiger partial charge in [0.1, 0.15) is 0 Å². The number of unbranched alkanes of at least 4 members (excludes halogenated alkanes) is 1. The largest absolute Gasteiger partial charge is 0.370 e. The van der Waals surface area contributed by atoms with Crippen molar-refractivity contribution in [2.24, 2.45) is 22.4 Å². The highest BCUT2D eigenvalue weighted by Gasteiger charge is 2.23. The number of hydrogen-bond acceptors (Lipinski definition) is 3. The molecule has 1 heterocycles. The number of guanidine groups is 1. The Labute approximate surface area is 109 Å². The van der Waals surface area contributed by atoms with Crippen LogP contribution in [0.4, 0.5) is 0 Å². The van der Waals surface area contributed by atoms with Crippen molar-refractivity contribution in [2.75, 3.05) is 33.2 Å². The maximum Gasteiger partial charge on any atom is 0.221 e. The molecule has 0 spiro atoms. The van der Waals surface area contributed by atoms with Crippen LogP contribution in [-0.4, -0.2) is 50.0 Å². The lowest BCUT2D eigenvalue weighted by atomic mass is 9.97. The summed E-state index contributed by atoms with van der Waals surface area (Å²) in [4.78, 5) is 17.3. The quantitative estimate of drug-likeness (QED) is 0.338. The fourth-order valence-corrected chi connectivity index (χ4v) is 2.25. The Morgan fingerprint density at radius 1 is 1.44 bits per heavy atom. The Morgan fingerprint density at radius 3 is 2.89 bits per heavy atom. The molecule has 5 N–H and O–H groups in total. The second-order valence-electron chi connectivity index (χ2n) is 4.78. The van der Waals surface area contributed by atoms with Crippen molar-refractivity contribution in [2.45, 2.75) is 25.7 Å². The number of hydrogen-bond donors (Lipinski definition) is 3. The molecule has 0 saturated carbocycles. The molecular weight excluding hydrogens is 230 g/mol. The van der Waals surface area contributed by atoms with Crippen LogP contribution in [-0.2, 0) is 4.79 Å². The molecule has 1 fully saturated rings. The zero-order chi connectivity index (χ0) is 13.4. The van der Waals surface area contributed by atoms with Crippen molar-refractivity contribution in [3.63, 3.8) is 0 Å². The van der Waals surface area contributed by atoms with E-state index < -0.39 is 0 Å². The van der Waals surface area contributed by atoms with Gasteiger partial charge in [-0.05, 0) is 38.8 Å². The molecule has 6 nitrogen and oxygen atoms in total. The minimum atomic E-state index is -0.159. The molecule has 0 aromatic carbocycles. The Morgan fingerprint density at radius 2 is 2.22 bits per heavy atom. The molecule has 18 heavy (non-hydrogen) atoms. The zero-order valence-corrected chi connectivity index (χ0v) is 11.2. The maximum atomic E-state index is 11.1. The van der Waals surface area contributed by atoms with Gasteiger partial charge in [0.15, 0.2) is 5.96 Å². The van der Waals surface area contributed by atoms with Crippen LogP contribution in [0.15, 0.2) is 4.99 Å². The number of carbonyl (C=O) groups excluding carboxylic acids is 1. The molecule has 1 unspecified atom stereocenters. The van der Waals surface area contributed by atoms with Crippen LogP contribution in [0.1, 0.15) is 25.7 Å². The molecule has 1 saturated heterocycles. The van der Waals surface area contributed by atoms with Gasteiger partial charge in [-0.15, -0.1) is 0 Å². The third-order valence-corrected chi connectivity index (χ3v) is 3.36. The van der Waals surface area contributed by atoms with Gasteiger partial charge in [-0.3, -0.25) is 9.79 Å². The van der Waals surface area contributed by atoms with E-state index in [1.165, 1.54) is 0 Å². The number of nitrogens with zero attached hydrogens (tertiary/aromatic N) is 2. The summed E-state index contributed by atoms with van der Waals surface area (Å²) in [6.45, 7) is 3.77. The highest BCUT2D eigenvalue weighted by atomic mass is 16.1. The van der Waals surface area contributed by atoms with Crippen molar-refractivity contribution in [3.05, 3.63) is 0 Å². The Balaban J connectivity index is 2.10. The zero-order valence-electron chi connectivity index (χ0n) is 11.2. The van der Waals surface area contributed by atoms with Crippen molar-refractivity contribution in [3.8, 4) is 0 Å². The number of likely N-dealkylation sites (tertiary alicyclic amines) is 1. The lowest BCUT2D eigenvalue weighted by Gasteiger charge is -2.31. The number of nitrogens with one attached hydrogen (secondary N) is 1. The van der Waals surface area contributed by atoms with Gasteiger partial charge in [0.05, 0.1) is 5.92 Å². The first-order valence-electron chi connectivity index (χ1n) is 6.61. The third-order valence-electron chi connectivity index (χ3n) is 3.36. The molecule has 1 aliphatic heterocycles. The highest BCUT2D eigenvalue weighted by Crippen LogP contribution is 2.16. The molecule has 0 aromatic heterocycles. The van der Waals surface area contributed by atoms with Crippen LogP contribution in [0.2, 0.25) is 0 Å². The molecule has 104 valence electrons.